The van der Waals surface area contributed by atoms with E-state index in [1.54, 1.807) is 0 Å². The molecule has 0 saturated heterocycles. The molecule has 0 aliphatic rings. The summed E-state index contributed by atoms with van der Waals surface area (Å²) < 4.78 is 7.25. The first kappa shape index (κ1) is 37.9. The lowest BCUT2D eigenvalue weighted by Crippen LogP contribution is -1.98. The Balaban J connectivity index is 0.907. The molecule has 0 fully saturated rings. The number of rotatable bonds is 5. The third-order valence-electron chi connectivity index (χ3n) is 14.4. The highest BCUT2D eigenvalue weighted by atomic mass is 15.0. The van der Waals surface area contributed by atoms with Crippen molar-refractivity contribution in [2.45, 2.75) is 0 Å². The van der Waals surface area contributed by atoms with Crippen molar-refractivity contribution in [1.29, 1.82) is 0 Å². The van der Waals surface area contributed by atoms with Gasteiger partial charge < -0.3 is 13.7 Å². The molecule has 69 heavy (non-hydrogen) atoms. The summed E-state index contributed by atoms with van der Waals surface area (Å²) in [7, 11) is 0. The van der Waals surface area contributed by atoms with E-state index in [0.29, 0.717) is 5.82 Å². The van der Waals surface area contributed by atoms with Crippen LogP contribution in [0.2, 0.25) is 0 Å². The number of hydrogen-bond donors (Lipinski definition) is 0. The van der Waals surface area contributed by atoms with Crippen LogP contribution < -0.4 is 0 Å². The van der Waals surface area contributed by atoms with E-state index in [1.807, 2.05) is 0 Å². The van der Waals surface area contributed by atoms with Gasteiger partial charge in [-0.15, -0.1) is 0 Å². The van der Waals surface area contributed by atoms with Gasteiger partial charge in [0.2, 0.25) is 0 Å². The van der Waals surface area contributed by atoms with Gasteiger partial charge in [0.15, 0.2) is 5.82 Å². The van der Waals surface area contributed by atoms with Crippen molar-refractivity contribution in [2.24, 2.45) is 0 Å². The first-order valence-electron chi connectivity index (χ1n) is 23.6. The van der Waals surface area contributed by atoms with Gasteiger partial charge in [0.1, 0.15) is 0 Å². The molecule has 320 valence electrons. The Kier molecular flexibility index (Phi) is 8.00. The topological polar surface area (TPSA) is 40.6 Å². The molecule has 0 spiro atoms. The lowest BCUT2D eigenvalue weighted by Gasteiger charge is -2.13. The zero-order chi connectivity index (χ0) is 45.2. The maximum atomic E-state index is 5.40. The first-order chi connectivity index (χ1) is 34.2. The summed E-state index contributed by atoms with van der Waals surface area (Å²) in [6.07, 6.45) is 0. The Labute approximate surface area is 396 Å². The van der Waals surface area contributed by atoms with Gasteiger partial charge in [-0.2, -0.15) is 0 Å². The van der Waals surface area contributed by atoms with Crippen LogP contribution >= 0.6 is 0 Å². The molecule has 4 heterocycles. The van der Waals surface area contributed by atoms with E-state index in [4.69, 9.17) is 9.97 Å². The predicted octanol–water partition coefficient (Wildman–Crippen LogP) is 16.6. The Hall–Kier alpha value is -9.32. The number of fused-ring (bicyclic) bond motifs is 13. The number of benzene rings is 11. The fourth-order valence-electron chi connectivity index (χ4n) is 11.3. The highest BCUT2D eigenvalue weighted by Gasteiger charge is 2.20. The minimum Gasteiger partial charge on any atom is -0.309 e. The van der Waals surface area contributed by atoms with E-state index in [2.05, 4.69) is 250 Å². The second-order valence-electron chi connectivity index (χ2n) is 18.2. The van der Waals surface area contributed by atoms with Crippen LogP contribution in [0.5, 0.6) is 0 Å². The molecule has 5 nitrogen and oxygen atoms in total. The molecule has 0 radical (unpaired) electrons. The van der Waals surface area contributed by atoms with Crippen molar-refractivity contribution in [3.05, 3.63) is 237 Å². The zero-order valence-electron chi connectivity index (χ0n) is 37.3. The van der Waals surface area contributed by atoms with Crippen LogP contribution in [0, 0.1) is 0 Å². The van der Waals surface area contributed by atoms with Crippen molar-refractivity contribution < 1.29 is 0 Å². The van der Waals surface area contributed by atoms with E-state index in [9.17, 15) is 0 Å². The van der Waals surface area contributed by atoms with E-state index < -0.39 is 0 Å². The second kappa shape index (κ2) is 14.6. The van der Waals surface area contributed by atoms with E-state index in [-0.39, 0.29) is 0 Å². The van der Waals surface area contributed by atoms with Crippen molar-refractivity contribution >= 4 is 97.9 Å². The molecule has 5 heteroatoms. The molecule has 15 rings (SSSR count). The van der Waals surface area contributed by atoms with Gasteiger partial charge in [-0.1, -0.05) is 146 Å². The van der Waals surface area contributed by atoms with Crippen LogP contribution in [-0.4, -0.2) is 23.7 Å². The molecule has 0 atom stereocenters. The largest absolute Gasteiger partial charge is 0.309 e. The van der Waals surface area contributed by atoms with Gasteiger partial charge >= 0.3 is 0 Å². The summed E-state index contributed by atoms with van der Waals surface area (Å²) in [6, 6.07) is 85.7. The molecule has 0 amide bonds. The number of nitrogens with zero attached hydrogens (tertiary/aromatic N) is 5. The van der Waals surface area contributed by atoms with Crippen molar-refractivity contribution in [1.82, 2.24) is 23.7 Å². The number of aromatic nitrogens is 5. The molecule has 15 aromatic rings. The molecule has 0 N–H and O–H groups in total. The molecule has 11 aromatic carbocycles. The Bertz CT molecular complexity index is 4590. The summed E-state index contributed by atoms with van der Waals surface area (Å²) >= 11 is 0. The van der Waals surface area contributed by atoms with E-state index >= 15 is 0 Å². The van der Waals surface area contributed by atoms with Gasteiger partial charge in [-0.05, 0) is 107 Å². The summed E-state index contributed by atoms with van der Waals surface area (Å²) in [6.45, 7) is 0. The van der Waals surface area contributed by atoms with Gasteiger partial charge in [0.05, 0.1) is 44.3 Å². The maximum absolute atomic E-state index is 5.40. The van der Waals surface area contributed by atoms with Gasteiger partial charge in [-0.3, -0.25) is 0 Å². The number of hydrogen-bond acceptors (Lipinski definition) is 2. The van der Waals surface area contributed by atoms with Gasteiger partial charge in [0.25, 0.3) is 0 Å². The standard InChI is InChI=1S/C64H39N5/c1-2-17-45(18-3-1)67-57-24-12-10-21-50(57)54-37-44(29-35-59(54)67)62-53-22-8-11-23-56(53)65-64(66-62)41-26-30-46(31-27-41)68-60-38-43-16-5-4-15-42(43)36-55(60)51-34-32-47(39-61(51)68)69-58-25-13-9-20-49(58)52-33-28-40-14-6-7-19-48(40)63(52)69/h1-39H. The minimum absolute atomic E-state index is 0.691. The van der Waals surface area contributed by atoms with E-state index in [1.165, 1.54) is 70.4 Å². The fourth-order valence-corrected chi connectivity index (χ4v) is 11.3. The second-order valence-corrected chi connectivity index (χ2v) is 18.2. The monoisotopic (exact) mass is 877 g/mol. The van der Waals surface area contributed by atoms with Crippen LogP contribution in [0.25, 0.3) is 138 Å². The normalized spacial score (nSPS) is 12.1. The zero-order valence-corrected chi connectivity index (χ0v) is 37.3. The first-order valence-corrected chi connectivity index (χ1v) is 23.6. The quantitative estimate of drug-likeness (QED) is 0.173. The van der Waals surface area contributed by atoms with Crippen LogP contribution in [0.15, 0.2) is 237 Å². The molecule has 0 bridgehead atoms. The third-order valence-corrected chi connectivity index (χ3v) is 14.4. The van der Waals surface area contributed by atoms with Crippen molar-refractivity contribution in [2.75, 3.05) is 0 Å². The average molecular weight is 878 g/mol. The van der Waals surface area contributed by atoms with Crippen LogP contribution in [0.3, 0.4) is 0 Å². The molecule has 0 saturated carbocycles. The fraction of sp³-hybridized carbons (Fsp3) is 0. The molecule has 0 aliphatic heterocycles. The van der Waals surface area contributed by atoms with Gasteiger partial charge in [-0.25, -0.2) is 9.97 Å². The van der Waals surface area contributed by atoms with Crippen LogP contribution in [-0.2, 0) is 0 Å². The SMILES string of the molecule is c1ccc(-n2c3ccccc3c3cc(-c4nc(-c5ccc(-n6c7cc(-n8c9ccccc9c9ccc%10ccccc%10c98)ccc7c7cc8ccccc8cc76)cc5)nc5ccccc45)ccc32)cc1. The van der Waals surface area contributed by atoms with Crippen molar-refractivity contribution in [3.8, 4) is 39.7 Å². The highest BCUT2D eigenvalue weighted by Crippen LogP contribution is 2.41. The smallest absolute Gasteiger partial charge is 0.160 e. The Morgan fingerprint density at radius 1 is 0.261 bits per heavy atom. The predicted molar refractivity (Wildman–Crippen MR) is 288 cm³/mol. The summed E-state index contributed by atoms with van der Waals surface area (Å²) in [5.74, 6) is 0.691. The molecule has 0 unspecified atom stereocenters. The van der Waals surface area contributed by atoms with Crippen LogP contribution in [0.1, 0.15) is 0 Å². The summed E-state index contributed by atoms with van der Waals surface area (Å²) in [5.41, 5.74) is 14.2. The van der Waals surface area contributed by atoms with Crippen LogP contribution in [0.4, 0.5) is 0 Å². The maximum Gasteiger partial charge on any atom is 0.160 e. The molecule has 4 aromatic heterocycles. The molecular formula is C64H39N5. The minimum atomic E-state index is 0.691. The average Bonchev–Trinajstić information content (AvgIpc) is 4.05. The van der Waals surface area contributed by atoms with Crippen molar-refractivity contribution in [3.63, 3.8) is 0 Å². The molecule has 0 aliphatic carbocycles. The summed E-state index contributed by atoms with van der Waals surface area (Å²) in [5, 5.41) is 13.2. The third kappa shape index (κ3) is 5.65. The molecular weight excluding hydrogens is 839 g/mol. The lowest BCUT2D eigenvalue weighted by atomic mass is 10.0. The number of para-hydroxylation sites is 4. The Morgan fingerprint density at radius 2 is 0.797 bits per heavy atom. The Morgan fingerprint density at radius 3 is 1.61 bits per heavy atom. The summed E-state index contributed by atoms with van der Waals surface area (Å²) in [4.78, 5) is 10.6. The van der Waals surface area contributed by atoms with Gasteiger partial charge in [0, 0.05) is 71.3 Å². The highest BCUT2D eigenvalue weighted by molar-refractivity contribution is 6.19. The lowest BCUT2D eigenvalue weighted by molar-refractivity contribution is 1.16. The van der Waals surface area contributed by atoms with E-state index in [0.717, 1.165) is 61.3 Å².